The molecule has 0 aliphatic rings. The summed E-state index contributed by atoms with van der Waals surface area (Å²) in [6.07, 6.45) is 4.90. The minimum atomic E-state index is -0.0729. The molecular weight excluding hydrogens is 302 g/mol. The summed E-state index contributed by atoms with van der Waals surface area (Å²) >= 11 is 5.90. The van der Waals surface area contributed by atoms with E-state index < -0.39 is 0 Å². The summed E-state index contributed by atoms with van der Waals surface area (Å²) in [4.78, 5) is 25.1. The van der Waals surface area contributed by atoms with Crippen LogP contribution in [0.4, 0.5) is 0 Å². The highest BCUT2D eigenvalue weighted by molar-refractivity contribution is 6.30. The van der Waals surface area contributed by atoms with Crippen LogP contribution in [0.5, 0.6) is 0 Å². The van der Waals surface area contributed by atoms with Crippen molar-refractivity contribution in [1.82, 2.24) is 24.2 Å². The van der Waals surface area contributed by atoms with Gasteiger partial charge in [0.1, 0.15) is 5.69 Å². The van der Waals surface area contributed by atoms with Crippen LogP contribution in [0.1, 0.15) is 31.3 Å². The molecule has 120 valence electrons. The van der Waals surface area contributed by atoms with Crippen molar-refractivity contribution < 1.29 is 4.79 Å². The van der Waals surface area contributed by atoms with Gasteiger partial charge in [0.25, 0.3) is 5.91 Å². The lowest BCUT2D eigenvalue weighted by atomic mass is 10.3. The number of likely N-dealkylation sites (N-methyl/N-ethyl adjacent to an activating group) is 2. The van der Waals surface area contributed by atoms with Crippen molar-refractivity contribution in [3.8, 4) is 0 Å². The van der Waals surface area contributed by atoms with Crippen molar-refractivity contribution in [3.63, 3.8) is 0 Å². The molecule has 7 heteroatoms. The molecule has 6 nitrogen and oxygen atoms in total. The summed E-state index contributed by atoms with van der Waals surface area (Å²) < 4.78 is 1.67. The summed E-state index contributed by atoms with van der Waals surface area (Å²) in [6, 6.07) is 0. The Morgan fingerprint density at radius 3 is 2.55 bits per heavy atom. The summed E-state index contributed by atoms with van der Waals surface area (Å²) in [7, 11) is 0. The third kappa shape index (κ3) is 3.75. The molecular formula is C15H22ClN5O. The van der Waals surface area contributed by atoms with Crippen LogP contribution in [-0.2, 0) is 0 Å². The first-order chi connectivity index (χ1) is 10.6. The number of halogens is 1. The van der Waals surface area contributed by atoms with Crippen LogP contribution in [0, 0.1) is 0 Å². The van der Waals surface area contributed by atoms with E-state index in [1.165, 1.54) is 6.20 Å². The quantitative estimate of drug-likeness (QED) is 0.783. The maximum absolute atomic E-state index is 12.6. The Labute approximate surface area is 135 Å². The minimum absolute atomic E-state index is 0.0729. The van der Waals surface area contributed by atoms with E-state index in [9.17, 15) is 4.79 Å². The Morgan fingerprint density at radius 1 is 1.18 bits per heavy atom. The van der Waals surface area contributed by atoms with Crippen LogP contribution in [0.2, 0.25) is 5.02 Å². The van der Waals surface area contributed by atoms with Crippen molar-refractivity contribution in [1.29, 1.82) is 0 Å². The first kappa shape index (κ1) is 16.7. The van der Waals surface area contributed by atoms with Gasteiger partial charge in [0.2, 0.25) is 5.78 Å². The van der Waals surface area contributed by atoms with Gasteiger partial charge in [-0.25, -0.2) is 9.97 Å². The molecule has 0 aliphatic carbocycles. The minimum Gasteiger partial charge on any atom is -0.336 e. The lowest BCUT2D eigenvalue weighted by molar-refractivity contribution is 0.0741. The number of imidazole rings is 1. The molecule has 0 unspecified atom stereocenters. The lowest BCUT2D eigenvalue weighted by Crippen LogP contribution is -2.38. The SMILES string of the molecule is CCN(CC)CCN(CC)C(=O)c1cn2cc(Cl)cnc2n1. The van der Waals surface area contributed by atoms with Crippen molar-refractivity contribution in [2.75, 3.05) is 32.7 Å². The monoisotopic (exact) mass is 323 g/mol. The molecule has 22 heavy (non-hydrogen) atoms. The highest BCUT2D eigenvalue weighted by Crippen LogP contribution is 2.10. The van der Waals surface area contributed by atoms with E-state index in [4.69, 9.17) is 11.6 Å². The number of carbonyl (C=O) groups excluding carboxylic acids is 1. The zero-order valence-corrected chi connectivity index (χ0v) is 14.0. The number of carbonyl (C=O) groups is 1. The average Bonchev–Trinajstić information content (AvgIpc) is 2.94. The molecule has 1 amide bonds. The molecule has 0 saturated carbocycles. The standard InChI is InChI=1S/C15H22ClN5O/c1-4-19(5-2)7-8-20(6-3)14(22)13-11-21-10-12(16)9-17-15(21)18-13/h9-11H,4-8H2,1-3H3. The van der Waals surface area contributed by atoms with Crippen molar-refractivity contribution >= 4 is 23.3 Å². The van der Waals surface area contributed by atoms with Crippen molar-refractivity contribution in [2.45, 2.75) is 20.8 Å². The first-order valence-electron chi connectivity index (χ1n) is 7.60. The molecule has 0 saturated heterocycles. The summed E-state index contributed by atoms with van der Waals surface area (Å²) in [5.41, 5.74) is 0.399. The number of hydrogen-bond donors (Lipinski definition) is 0. The van der Waals surface area contributed by atoms with E-state index in [0.717, 1.165) is 19.6 Å². The fraction of sp³-hybridized carbons (Fsp3) is 0.533. The molecule has 0 aliphatic heterocycles. The number of aromatic nitrogens is 3. The van der Waals surface area contributed by atoms with Crippen LogP contribution >= 0.6 is 11.6 Å². The predicted molar refractivity (Wildman–Crippen MR) is 87.4 cm³/mol. The highest BCUT2D eigenvalue weighted by Gasteiger charge is 2.18. The normalized spacial score (nSPS) is 11.3. The zero-order valence-electron chi connectivity index (χ0n) is 13.3. The Morgan fingerprint density at radius 2 is 1.91 bits per heavy atom. The number of fused-ring (bicyclic) bond motifs is 1. The topological polar surface area (TPSA) is 53.7 Å². The van der Waals surface area contributed by atoms with E-state index in [2.05, 4.69) is 28.7 Å². The predicted octanol–water partition coefficient (Wildman–Crippen LogP) is 2.19. The second-order valence-corrected chi connectivity index (χ2v) is 5.45. The van der Waals surface area contributed by atoms with Gasteiger partial charge in [-0.2, -0.15) is 0 Å². The number of nitrogens with zero attached hydrogens (tertiary/aromatic N) is 5. The van der Waals surface area contributed by atoms with Gasteiger partial charge in [-0.05, 0) is 20.0 Å². The summed E-state index contributed by atoms with van der Waals surface area (Å²) in [5, 5.41) is 0.512. The third-order valence-electron chi connectivity index (χ3n) is 3.75. The second kappa shape index (κ2) is 7.56. The maximum Gasteiger partial charge on any atom is 0.274 e. The van der Waals surface area contributed by atoms with Gasteiger partial charge < -0.3 is 9.80 Å². The van der Waals surface area contributed by atoms with Crippen LogP contribution < -0.4 is 0 Å². The molecule has 0 fully saturated rings. The van der Waals surface area contributed by atoms with E-state index in [1.54, 1.807) is 16.8 Å². The first-order valence-corrected chi connectivity index (χ1v) is 7.98. The largest absolute Gasteiger partial charge is 0.336 e. The molecule has 2 aromatic rings. The highest BCUT2D eigenvalue weighted by atomic mass is 35.5. The van der Waals surface area contributed by atoms with Crippen LogP contribution in [0.3, 0.4) is 0 Å². The molecule has 0 radical (unpaired) electrons. The molecule has 2 rings (SSSR count). The summed E-state index contributed by atoms with van der Waals surface area (Å²) in [5.74, 6) is 0.406. The van der Waals surface area contributed by atoms with E-state index >= 15 is 0 Å². The number of hydrogen-bond acceptors (Lipinski definition) is 4. The molecule has 2 heterocycles. The van der Waals surface area contributed by atoms with Gasteiger partial charge in [-0.3, -0.25) is 9.20 Å². The van der Waals surface area contributed by atoms with Gasteiger partial charge in [0.05, 0.1) is 11.2 Å². The van der Waals surface area contributed by atoms with Gasteiger partial charge in [0, 0.05) is 32.0 Å². The van der Waals surface area contributed by atoms with E-state index in [-0.39, 0.29) is 5.91 Å². The Kier molecular flexibility index (Phi) is 5.74. The number of rotatable bonds is 7. The Bertz CT molecular complexity index is 638. The second-order valence-electron chi connectivity index (χ2n) is 5.02. The van der Waals surface area contributed by atoms with Crippen molar-refractivity contribution in [2.24, 2.45) is 0 Å². The third-order valence-corrected chi connectivity index (χ3v) is 3.94. The van der Waals surface area contributed by atoms with Gasteiger partial charge in [-0.15, -0.1) is 0 Å². The van der Waals surface area contributed by atoms with Crippen LogP contribution in [-0.4, -0.2) is 62.8 Å². The lowest BCUT2D eigenvalue weighted by Gasteiger charge is -2.24. The Hall–Kier alpha value is -1.66. The number of amides is 1. The smallest absolute Gasteiger partial charge is 0.274 e. The van der Waals surface area contributed by atoms with Crippen LogP contribution in [0.25, 0.3) is 5.78 Å². The van der Waals surface area contributed by atoms with Gasteiger partial charge >= 0.3 is 0 Å². The molecule has 0 spiro atoms. The molecule has 0 atom stereocenters. The molecule has 0 N–H and O–H groups in total. The molecule has 0 bridgehead atoms. The zero-order chi connectivity index (χ0) is 16.1. The van der Waals surface area contributed by atoms with Crippen molar-refractivity contribution in [3.05, 3.63) is 29.3 Å². The van der Waals surface area contributed by atoms with Crippen LogP contribution in [0.15, 0.2) is 18.6 Å². The summed E-state index contributed by atoms with van der Waals surface area (Å²) in [6.45, 7) is 10.4. The molecule has 2 aromatic heterocycles. The fourth-order valence-electron chi connectivity index (χ4n) is 2.33. The molecule has 0 aromatic carbocycles. The fourth-order valence-corrected chi connectivity index (χ4v) is 2.48. The average molecular weight is 324 g/mol. The van der Waals surface area contributed by atoms with Gasteiger partial charge in [0.15, 0.2) is 0 Å². The Balaban J connectivity index is 2.12. The van der Waals surface area contributed by atoms with Gasteiger partial charge in [-0.1, -0.05) is 25.4 Å². The maximum atomic E-state index is 12.6. The van der Waals surface area contributed by atoms with E-state index in [1.807, 2.05) is 11.8 Å². The van der Waals surface area contributed by atoms with E-state index in [0.29, 0.717) is 29.6 Å².